The van der Waals surface area contributed by atoms with Crippen molar-refractivity contribution in [3.8, 4) is 0 Å². The molecule has 6 atom stereocenters. The highest BCUT2D eigenvalue weighted by Crippen LogP contribution is 2.54. The number of fused-ring (bicyclic) bond motifs is 5. The smallest absolute Gasteiger partial charge is 0.100 e. The van der Waals surface area contributed by atoms with Gasteiger partial charge in [0.25, 0.3) is 0 Å². The summed E-state index contributed by atoms with van der Waals surface area (Å²) in [7, 11) is 0. The van der Waals surface area contributed by atoms with Crippen LogP contribution in [0.25, 0.3) is 0 Å². The third-order valence-corrected chi connectivity index (χ3v) is 5.30. The van der Waals surface area contributed by atoms with Crippen molar-refractivity contribution in [3.05, 3.63) is 29.8 Å². The lowest BCUT2D eigenvalue weighted by Gasteiger charge is -2.38. The summed E-state index contributed by atoms with van der Waals surface area (Å²) in [6, 6.07) is 9.73. The SMILES string of the molecule is Cc1ccc(NC2C(Cl)[C@@H]3C[C@H]2[C@H]2N=N[C@H]23)cc1. The summed E-state index contributed by atoms with van der Waals surface area (Å²) in [6.45, 7) is 2.10. The summed E-state index contributed by atoms with van der Waals surface area (Å²) in [6.07, 6.45) is 1.18. The van der Waals surface area contributed by atoms with Gasteiger partial charge in [-0.25, -0.2) is 0 Å². The van der Waals surface area contributed by atoms with Crippen LogP contribution in [-0.4, -0.2) is 23.5 Å². The molecule has 0 spiro atoms. The highest BCUT2D eigenvalue weighted by molar-refractivity contribution is 6.22. The quantitative estimate of drug-likeness (QED) is 0.816. The molecule has 1 aromatic rings. The Kier molecular flexibility index (Phi) is 2.22. The Labute approximate surface area is 112 Å². The van der Waals surface area contributed by atoms with Gasteiger partial charge in [-0.1, -0.05) is 17.7 Å². The molecular weight excluding hydrogens is 246 g/mol. The van der Waals surface area contributed by atoms with E-state index in [0.717, 1.165) is 5.69 Å². The van der Waals surface area contributed by atoms with Gasteiger partial charge in [-0.3, -0.25) is 0 Å². The molecule has 2 fully saturated rings. The van der Waals surface area contributed by atoms with Crippen LogP contribution in [0.1, 0.15) is 12.0 Å². The van der Waals surface area contributed by atoms with Gasteiger partial charge >= 0.3 is 0 Å². The molecule has 2 saturated carbocycles. The molecule has 0 aromatic heterocycles. The van der Waals surface area contributed by atoms with Crippen molar-refractivity contribution in [1.29, 1.82) is 0 Å². The molecule has 3 aliphatic rings. The van der Waals surface area contributed by atoms with Crippen molar-refractivity contribution in [3.63, 3.8) is 0 Å². The third kappa shape index (κ3) is 1.37. The van der Waals surface area contributed by atoms with Crippen LogP contribution in [0.15, 0.2) is 34.5 Å². The van der Waals surface area contributed by atoms with Crippen molar-refractivity contribution in [2.24, 2.45) is 22.1 Å². The first-order valence-corrected chi connectivity index (χ1v) is 7.05. The lowest BCUT2D eigenvalue weighted by molar-refractivity contribution is 0.272. The van der Waals surface area contributed by atoms with Crippen molar-refractivity contribution in [2.75, 3.05) is 5.32 Å². The second-order valence-corrected chi connectivity index (χ2v) is 6.26. The maximum atomic E-state index is 6.59. The van der Waals surface area contributed by atoms with E-state index in [0.29, 0.717) is 30.0 Å². The molecule has 2 bridgehead atoms. The molecule has 1 aromatic carbocycles. The second kappa shape index (κ2) is 3.70. The number of anilines is 1. The van der Waals surface area contributed by atoms with Crippen LogP contribution >= 0.6 is 11.6 Å². The molecule has 1 heterocycles. The number of hydrogen-bond donors (Lipinski definition) is 1. The fourth-order valence-electron chi connectivity index (χ4n) is 3.70. The van der Waals surface area contributed by atoms with Crippen LogP contribution in [0.2, 0.25) is 0 Å². The molecule has 94 valence electrons. The van der Waals surface area contributed by atoms with Gasteiger partial charge in [0.15, 0.2) is 0 Å². The predicted molar refractivity (Wildman–Crippen MR) is 72.3 cm³/mol. The molecule has 2 aliphatic carbocycles. The van der Waals surface area contributed by atoms with Gasteiger partial charge in [0.2, 0.25) is 0 Å². The van der Waals surface area contributed by atoms with E-state index in [2.05, 4.69) is 46.7 Å². The summed E-state index contributed by atoms with van der Waals surface area (Å²) in [4.78, 5) is 0. The van der Waals surface area contributed by atoms with Crippen LogP contribution in [0, 0.1) is 18.8 Å². The van der Waals surface area contributed by atoms with E-state index in [4.69, 9.17) is 11.6 Å². The minimum atomic E-state index is 0.191. The lowest BCUT2D eigenvalue weighted by Crippen LogP contribution is -2.50. The molecule has 4 rings (SSSR count). The lowest BCUT2D eigenvalue weighted by atomic mass is 9.85. The first kappa shape index (κ1) is 10.8. The summed E-state index contributed by atoms with van der Waals surface area (Å²) in [5.41, 5.74) is 2.44. The van der Waals surface area contributed by atoms with E-state index in [9.17, 15) is 0 Å². The molecule has 0 saturated heterocycles. The van der Waals surface area contributed by atoms with Gasteiger partial charge in [0, 0.05) is 23.6 Å². The van der Waals surface area contributed by atoms with Crippen LogP contribution in [-0.2, 0) is 0 Å². The van der Waals surface area contributed by atoms with E-state index in [1.807, 2.05) is 0 Å². The molecule has 1 N–H and O–H groups in total. The van der Waals surface area contributed by atoms with Crippen molar-refractivity contribution < 1.29 is 0 Å². The molecule has 2 unspecified atom stereocenters. The van der Waals surface area contributed by atoms with Gasteiger partial charge in [0.05, 0.1) is 11.4 Å². The highest BCUT2D eigenvalue weighted by Gasteiger charge is 2.61. The first-order chi connectivity index (χ1) is 8.74. The number of benzene rings is 1. The fraction of sp³-hybridized carbons (Fsp3) is 0.571. The minimum Gasteiger partial charge on any atom is -0.380 e. The van der Waals surface area contributed by atoms with Gasteiger partial charge in [0.1, 0.15) is 6.04 Å². The van der Waals surface area contributed by atoms with E-state index in [1.165, 1.54) is 12.0 Å². The van der Waals surface area contributed by atoms with E-state index < -0.39 is 0 Å². The largest absolute Gasteiger partial charge is 0.380 e. The standard InChI is InChI=1S/C14H16ClN3/c1-7-2-4-8(5-3-7)16-12-10-6-9(11(12)15)13-14(10)18-17-13/h2-5,9-14,16H,6H2,1H3/t9-,10+,11?,12?,13-,14+/m0/s1. The third-order valence-electron chi connectivity index (χ3n) is 4.70. The molecule has 3 nitrogen and oxygen atoms in total. The Morgan fingerprint density at radius 3 is 2.44 bits per heavy atom. The number of rotatable bonds is 2. The van der Waals surface area contributed by atoms with Crippen molar-refractivity contribution in [2.45, 2.75) is 36.8 Å². The van der Waals surface area contributed by atoms with Gasteiger partial charge in [-0.2, -0.15) is 10.2 Å². The highest BCUT2D eigenvalue weighted by atomic mass is 35.5. The number of nitrogens with one attached hydrogen (secondary N) is 1. The van der Waals surface area contributed by atoms with Crippen LogP contribution in [0.3, 0.4) is 0 Å². The van der Waals surface area contributed by atoms with Crippen molar-refractivity contribution in [1.82, 2.24) is 0 Å². The van der Waals surface area contributed by atoms with Gasteiger partial charge < -0.3 is 5.32 Å². The summed E-state index contributed by atoms with van der Waals surface area (Å²) in [5.74, 6) is 1.10. The topological polar surface area (TPSA) is 36.8 Å². The van der Waals surface area contributed by atoms with Gasteiger partial charge in [-0.05, 0) is 25.5 Å². The maximum absolute atomic E-state index is 6.59. The zero-order chi connectivity index (χ0) is 12.3. The number of halogens is 1. The zero-order valence-corrected chi connectivity index (χ0v) is 11.0. The Hall–Kier alpha value is -1.09. The molecule has 0 radical (unpaired) electrons. The Morgan fingerprint density at radius 1 is 1.11 bits per heavy atom. The average molecular weight is 262 g/mol. The van der Waals surface area contributed by atoms with E-state index in [-0.39, 0.29) is 5.38 Å². The normalized spacial score (nSPS) is 43.7. The Bertz CT molecular complexity index is 498. The van der Waals surface area contributed by atoms with Crippen LogP contribution in [0.4, 0.5) is 5.69 Å². The summed E-state index contributed by atoms with van der Waals surface area (Å²) >= 11 is 6.59. The predicted octanol–water partition coefficient (Wildman–Crippen LogP) is 3.24. The monoisotopic (exact) mass is 261 g/mol. The average Bonchev–Trinajstić information content (AvgIpc) is 2.73. The molecule has 0 amide bonds. The molecule has 18 heavy (non-hydrogen) atoms. The summed E-state index contributed by atoms with van der Waals surface area (Å²) in [5, 5.41) is 12.3. The number of azo groups is 1. The zero-order valence-electron chi connectivity index (χ0n) is 10.3. The number of aryl methyl sites for hydroxylation is 1. The number of hydrogen-bond acceptors (Lipinski definition) is 3. The van der Waals surface area contributed by atoms with E-state index in [1.54, 1.807) is 0 Å². The van der Waals surface area contributed by atoms with E-state index >= 15 is 0 Å². The molecule has 4 heteroatoms. The summed E-state index contributed by atoms with van der Waals surface area (Å²) < 4.78 is 0. The second-order valence-electron chi connectivity index (χ2n) is 5.76. The number of nitrogens with zero attached hydrogens (tertiary/aromatic N) is 2. The number of alkyl halides is 1. The molecular formula is C14H16ClN3. The van der Waals surface area contributed by atoms with Crippen LogP contribution in [0.5, 0.6) is 0 Å². The van der Waals surface area contributed by atoms with Gasteiger partial charge in [-0.15, -0.1) is 11.6 Å². The van der Waals surface area contributed by atoms with Crippen molar-refractivity contribution >= 4 is 17.3 Å². The minimum absolute atomic E-state index is 0.191. The van der Waals surface area contributed by atoms with Crippen LogP contribution < -0.4 is 5.32 Å². The Morgan fingerprint density at radius 2 is 1.78 bits per heavy atom. The Balaban J connectivity index is 1.56. The fourth-order valence-corrected chi connectivity index (χ4v) is 4.20. The maximum Gasteiger partial charge on any atom is 0.100 e. The first-order valence-electron chi connectivity index (χ1n) is 6.61. The molecule has 1 aliphatic heterocycles.